The van der Waals surface area contributed by atoms with Gasteiger partial charge in [-0.3, -0.25) is 4.79 Å². The van der Waals surface area contributed by atoms with Crippen molar-refractivity contribution >= 4 is 23.4 Å². The molecule has 1 N–H and O–H groups in total. The second kappa shape index (κ2) is 9.66. The first-order valence-electron chi connectivity index (χ1n) is 6.93. The van der Waals surface area contributed by atoms with Crippen molar-refractivity contribution in [1.29, 1.82) is 0 Å². The molecule has 0 aromatic heterocycles. The average Bonchev–Trinajstić information content (AvgIpc) is 2.48. The molecule has 0 bridgehead atoms. The summed E-state index contributed by atoms with van der Waals surface area (Å²) in [4.78, 5) is 14.1. The molecule has 1 rings (SSSR count). The number of hydrogen-bond acceptors (Lipinski definition) is 4. The van der Waals surface area contributed by atoms with E-state index >= 15 is 0 Å². The van der Waals surface area contributed by atoms with Gasteiger partial charge in [-0.05, 0) is 37.4 Å². The lowest BCUT2D eigenvalue weighted by molar-refractivity contribution is -0.113. The number of anilines is 1. The van der Waals surface area contributed by atoms with Crippen LogP contribution in [0.4, 0.5) is 5.69 Å². The molecule has 4 nitrogen and oxygen atoms in total. The fraction of sp³-hybridized carbons (Fsp3) is 0.533. The zero-order valence-corrected chi connectivity index (χ0v) is 13.3. The largest absolute Gasteiger partial charge is 0.497 e. The Labute approximate surface area is 125 Å². The van der Waals surface area contributed by atoms with Crippen LogP contribution in [0.25, 0.3) is 0 Å². The van der Waals surface area contributed by atoms with Crippen molar-refractivity contribution in [2.24, 2.45) is 0 Å². The molecule has 0 heterocycles. The first-order valence-corrected chi connectivity index (χ1v) is 8.09. The Morgan fingerprint density at radius 2 is 1.90 bits per heavy atom. The van der Waals surface area contributed by atoms with Gasteiger partial charge < -0.3 is 15.0 Å². The Bertz CT molecular complexity index is 391. The van der Waals surface area contributed by atoms with Gasteiger partial charge in [0.1, 0.15) is 5.75 Å². The number of nitrogens with one attached hydrogen (secondary N) is 1. The van der Waals surface area contributed by atoms with E-state index in [-0.39, 0.29) is 5.91 Å². The maximum absolute atomic E-state index is 11.8. The van der Waals surface area contributed by atoms with Gasteiger partial charge in [-0.1, -0.05) is 13.8 Å². The van der Waals surface area contributed by atoms with E-state index in [1.165, 1.54) is 0 Å². The maximum Gasteiger partial charge on any atom is 0.234 e. The maximum atomic E-state index is 11.8. The number of rotatable bonds is 9. The molecular weight excluding hydrogens is 272 g/mol. The van der Waals surface area contributed by atoms with Gasteiger partial charge in [-0.15, -0.1) is 0 Å². The summed E-state index contributed by atoms with van der Waals surface area (Å²) in [7, 11) is 1.63. The number of amides is 1. The minimum Gasteiger partial charge on any atom is -0.497 e. The summed E-state index contributed by atoms with van der Waals surface area (Å²) in [5, 5.41) is 2.88. The lowest BCUT2D eigenvalue weighted by atomic mass is 10.3. The van der Waals surface area contributed by atoms with Crippen molar-refractivity contribution < 1.29 is 9.53 Å². The highest BCUT2D eigenvalue weighted by Crippen LogP contribution is 2.15. The molecule has 0 saturated heterocycles. The molecule has 0 unspecified atom stereocenters. The molecule has 1 amide bonds. The minimum absolute atomic E-state index is 0.0414. The topological polar surface area (TPSA) is 41.6 Å². The van der Waals surface area contributed by atoms with E-state index in [1.807, 2.05) is 24.3 Å². The molecule has 1 aromatic rings. The SMILES string of the molecule is CCN(CC)CCSCC(=O)Nc1ccc(OC)cc1. The van der Waals surface area contributed by atoms with Crippen LogP contribution in [0.1, 0.15) is 13.8 Å². The van der Waals surface area contributed by atoms with Crippen molar-refractivity contribution in [2.75, 3.05) is 43.6 Å². The first-order chi connectivity index (χ1) is 9.69. The van der Waals surface area contributed by atoms with Crippen molar-refractivity contribution in [3.05, 3.63) is 24.3 Å². The highest BCUT2D eigenvalue weighted by Gasteiger charge is 2.04. The molecule has 0 atom stereocenters. The number of thioether (sulfide) groups is 1. The standard InChI is InChI=1S/C15H24N2O2S/c1-4-17(5-2)10-11-20-12-15(18)16-13-6-8-14(19-3)9-7-13/h6-9H,4-5,10-12H2,1-3H3,(H,16,18). The van der Waals surface area contributed by atoms with Gasteiger partial charge in [0.2, 0.25) is 5.91 Å². The predicted octanol–water partition coefficient (Wildman–Crippen LogP) is 2.71. The van der Waals surface area contributed by atoms with Gasteiger partial charge in [0.15, 0.2) is 0 Å². The van der Waals surface area contributed by atoms with E-state index in [4.69, 9.17) is 4.74 Å². The third kappa shape index (κ3) is 6.30. The summed E-state index contributed by atoms with van der Waals surface area (Å²) in [6.45, 7) is 7.48. The molecule has 0 aliphatic rings. The smallest absolute Gasteiger partial charge is 0.234 e. The van der Waals surface area contributed by atoms with Crippen LogP contribution in [0.5, 0.6) is 5.75 Å². The second-order valence-corrected chi connectivity index (χ2v) is 5.46. The van der Waals surface area contributed by atoms with E-state index in [0.29, 0.717) is 5.75 Å². The highest BCUT2D eigenvalue weighted by molar-refractivity contribution is 7.99. The summed E-state index contributed by atoms with van der Waals surface area (Å²) in [5.74, 6) is 2.31. The number of hydrogen-bond donors (Lipinski definition) is 1. The Morgan fingerprint density at radius 3 is 2.45 bits per heavy atom. The van der Waals surface area contributed by atoms with Gasteiger partial charge in [0, 0.05) is 18.0 Å². The lowest BCUT2D eigenvalue weighted by Crippen LogP contribution is -2.26. The number of carbonyl (C=O) groups is 1. The van der Waals surface area contributed by atoms with E-state index in [0.717, 1.165) is 36.8 Å². The van der Waals surface area contributed by atoms with Gasteiger partial charge in [-0.2, -0.15) is 11.8 Å². The number of benzene rings is 1. The normalized spacial score (nSPS) is 10.6. The fourth-order valence-corrected chi connectivity index (χ4v) is 2.56. The van der Waals surface area contributed by atoms with Crippen LogP contribution in [-0.4, -0.2) is 49.1 Å². The summed E-state index contributed by atoms with van der Waals surface area (Å²) < 4.78 is 5.08. The molecule has 112 valence electrons. The zero-order valence-electron chi connectivity index (χ0n) is 12.5. The van der Waals surface area contributed by atoms with E-state index in [2.05, 4.69) is 24.1 Å². The summed E-state index contributed by atoms with van der Waals surface area (Å²) >= 11 is 1.67. The molecule has 0 aliphatic heterocycles. The summed E-state index contributed by atoms with van der Waals surface area (Å²) in [5.41, 5.74) is 0.806. The van der Waals surface area contributed by atoms with Crippen LogP contribution < -0.4 is 10.1 Å². The molecular formula is C15H24N2O2S. The van der Waals surface area contributed by atoms with E-state index in [9.17, 15) is 4.79 Å². The van der Waals surface area contributed by atoms with E-state index in [1.54, 1.807) is 18.9 Å². The molecule has 0 spiro atoms. The van der Waals surface area contributed by atoms with Gasteiger partial charge in [0.05, 0.1) is 12.9 Å². The monoisotopic (exact) mass is 296 g/mol. The lowest BCUT2D eigenvalue weighted by Gasteiger charge is -2.17. The van der Waals surface area contributed by atoms with Crippen LogP contribution in [0.2, 0.25) is 0 Å². The predicted molar refractivity (Wildman–Crippen MR) is 86.7 cm³/mol. The van der Waals surface area contributed by atoms with Crippen LogP contribution in [0.3, 0.4) is 0 Å². The Balaban J connectivity index is 2.22. The van der Waals surface area contributed by atoms with Gasteiger partial charge >= 0.3 is 0 Å². The Kier molecular flexibility index (Phi) is 8.14. The molecule has 0 radical (unpaired) electrons. The van der Waals surface area contributed by atoms with Crippen LogP contribution in [0.15, 0.2) is 24.3 Å². The highest BCUT2D eigenvalue weighted by atomic mass is 32.2. The quantitative estimate of drug-likeness (QED) is 0.711. The first kappa shape index (κ1) is 16.9. The van der Waals surface area contributed by atoms with Crippen molar-refractivity contribution in [1.82, 2.24) is 4.90 Å². The summed E-state index contributed by atoms with van der Waals surface area (Å²) in [6, 6.07) is 7.36. The molecule has 1 aromatic carbocycles. The van der Waals surface area contributed by atoms with Crippen LogP contribution >= 0.6 is 11.8 Å². The van der Waals surface area contributed by atoms with Crippen LogP contribution in [-0.2, 0) is 4.79 Å². The van der Waals surface area contributed by atoms with Gasteiger partial charge in [-0.25, -0.2) is 0 Å². The molecule has 0 aliphatic carbocycles. The van der Waals surface area contributed by atoms with Crippen molar-refractivity contribution in [3.63, 3.8) is 0 Å². The number of methoxy groups -OCH3 is 1. The average molecular weight is 296 g/mol. The number of ether oxygens (including phenoxy) is 1. The minimum atomic E-state index is 0.0414. The molecule has 5 heteroatoms. The van der Waals surface area contributed by atoms with Crippen molar-refractivity contribution in [3.8, 4) is 5.75 Å². The number of carbonyl (C=O) groups excluding carboxylic acids is 1. The van der Waals surface area contributed by atoms with E-state index < -0.39 is 0 Å². The number of nitrogens with zero attached hydrogens (tertiary/aromatic N) is 1. The molecule has 20 heavy (non-hydrogen) atoms. The third-order valence-electron chi connectivity index (χ3n) is 3.05. The fourth-order valence-electron chi connectivity index (χ4n) is 1.77. The molecule has 0 saturated carbocycles. The van der Waals surface area contributed by atoms with Crippen LogP contribution in [0, 0.1) is 0 Å². The third-order valence-corrected chi connectivity index (χ3v) is 3.99. The Hall–Kier alpha value is -1.20. The molecule has 0 fully saturated rings. The van der Waals surface area contributed by atoms with Crippen molar-refractivity contribution in [2.45, 2.75) is 13.8 Å². The Morgan fingerprint density at radius 1 is 1.25 bits per heavy atom. The van der Waals surface area contributed by atoms with Gasteiger partial charge in [0.25, 0.3) is 0 Å². The summed E-state index contributed by atoms with van der Waals surface area (Å²) in [6.07, 6.45) is 0. The second-order valence-electron chi connectivity index (χ2n) is 4.36. The zero-order chi connectivity index (χ0) is 14.8.